The van der Waals surface area contributed by atoms with Crippen molar-refractivity contribution >= 4 is 23.2 Å². The van der Waals surface area contributed by atoms with Crippen molar-refractivity contribution in [2.75, 3.05) is 45.1 Å². The van der Waals surface area contributed by atoms with E-state index in [1.807, 2.05) is 43.6 Å². The van der Waals surface area contributed by atoms with Gasteiger partial charge in [-0.25, -0.2) is 4.98 Å². The third-order valence-corrected chi connectivity index (χ3v) is 5.81. The maximum atomic E-state index is 13.0. The molecule has 1 aromatic carbocycles. The Labute approximate surface area is 188 Å². The molecule has 0 fully saturated rings. The second-order valence-electron chi connectivity index (χ2n) is 7.99. The first-order valence-corrected chi connectivity index (χ1v) is 11.8. The Balaban J connectivity index is 2.27. The number of aromatic nitrogens is 2. The average Bonchev–Trinajstić information content (AvgIpc) is 3.14. The van der Waals surface area contributed by atoms with E-state index in [1.165, 1.54) is 0 Å². The van der Waals surface area contributed by atoms with Crippen LogP contribution in [0.25, 0.3) is 16.8 Å². The molecule has 0 unspecified atom stereocenters. The van der Waals surface area contributed by atoms with E-state index >= 15 is 0 Å². The van der Waals surface area contributed by atoms with Crippen LogP contribution in [0.3, 0.4) is 0 Å². The molecule has 0 radical (unpaired) electrons. The van der Waals surface area contributed by atoms with E-state index < -0.39 is 0 Å². The highest BCUT2D eigenvalue weighted by molar-refractivity contribution is 7.98. The zero-order valence-electron chi connectivity index (χ0n) is 19.2. The number of fused-ring (bicyclic) bond motifs is 1. The van der Waals surface area contributed by atoms with E-state index in [9.17, 15) is 4.39 Å². The number of nitrogens with zero attached hydrogens (tertiary/aromatic N) is 3. The van der Waals surface area contributed by atoms with Crippen LogP contribution in [0.5, 0.6) is 11.5 Å². The molecule has 5 nitrogen and oxygen atoms in total. The molecular formula is C24H32FN3O2S. The number of rotatable bonds is 10. The van der Waals surface area contributed by atoms with Crippen molar-refractivity contribution in [3.63, 3.8) is 0 Å². The van der Waals surface area contributed by atoms with Crippen LogP contribution in [0.1, 0.15) is 25.8 Å². The molecule has 168 valence electrons. The van der Waals surface area contributed by atoms with E-state index in [2.05, 4.69) is 23.1 Å². The van der Waals surface area contributed by atoms with E-state index in [1.54, 1.807) is 26.0 Å². The molecule has 3 aromatic rings. The van der Waals surface area contributed by atoms with Gasteiger partial charge in [-0.2, -0.15) is 0 Å². The average molecular weight is 446 g/mol. The van der Waals surface area contributed by atoms with E-state index in [-0.39, 0.29) is 6.67 Å². The van der Waals surface area contributed by atoms with Gasteiger partial charge in [-0.1, -0.05) is 13.8 Å². The summed E-state index contributed by atoms with van der Waals surface area (Å²) in [7, 11) is 3.34. The van der Waals surface area contributed by atoms with Crippen molar-refractivity contribution < 1.29 is 13.9 Å². The molecule has 0 spiro atoms. The number of methoxy groups -OCH3 is 2. The summed E-state index contributed by atoms with van der Waals surface area (Å²) < 4.78 is 26.6. The van der Waals surface area contributed by atoms with Gasteiger partial charge < -0.3 is 14.4 Å². The summed E-state index contributed by atoms with van der Waals surface area (Å²) in [4.78, 5) is 7.25. The first-order chi connectivity index (χ1) is 14.9. The molecule has 0 aliphatic rings. The molecule has 0 aliphatic carbocycles. The summed E-state index contributed by atoms with van der Waals surface area (Å²) in [5.41, 5.74) is 3.71. The number of benzene rings is 1. The van der Waals surface area contributed by atoms with Gasteiger partial charge in [0.25, 0.3) is 0 Å². The van der Waals surface area contributed by atoms with Gasteiger partial charge >= 0.3 is 0 Å². The number of thioether (sulfide) groups is 1. The van der Waals surface area contributed by atoms with E-state index in [0.29, 0.717) is 18.9 Å². The van der Waals surface area contributed by atoms with Crippen LogP contribution in [0, 0.1) is 12.8 Å². The summed E-state index contributed by atoms with van der Waals surface area (Å²) in [6.07, 6.45) is 4.55. The molecule has 7 heteroatoms. The number of anilines is 1. The maximum absolute atomic E-state index is 13.0. The van der Waals surface area contributed by atoms with Crippen LogP contribution >= 0.6 is 11.8 Å². The van der Waals surface area contributed by atoms with Gasteiger partial charge in [0, 0.05) is 24.8 Å². The van der Waals surface area contributed by atoms with Crippen LogP contribution in [-0.2, 0) is 0 Å². The van der Waals surface area contributed by atoms with Crippen LogP contribution in [0.15, 0.2) is 35.5 Å². The van der Waals surface area contributed by atoms with Gasteiger partial charge in [0.2, 0.25) is 0 Å². The van der Waals surface area contributed by atoms with Gasteiger partial charge in [0.1, 0.15) is 28.0 Å². The first kappa shape index (κ1) is 23.3. The zero-order chi connectivity index (χ0) is 22.5. The Morgan fingerprint density at radius 1 is 1.19 bits per heavy atom. The number of alkyl halides is 1. The van der Waals surface area contributed by atoms with Gasteiger partial charge in [0.05, 0.1) is 26.5 Å². The summed E-state index contributed by atoms with van der Waals surface area (Å²) in [6.45, 7) is 7.53. The second kappa shape index (κ2) is 10.3. The number of hydrogen-bond acceptors (Lipinski definition) is 5. The fourth-order valence-corrected chi connectivity index (χ4v) is 4.53. The summed E-state index contributed by atoms with van der Waals surface area (Å²) in [6, 6.07) is 8.07. The molecular weight excluding hydrogens is 413 g/mol. The molecule has 3 rings (SSSR count). The minimum atomic E-state index is -0.330. The Morgan fingerprint density at radius 3 is 2.42 bits per heavy atom. The molecule has 0 atom stereocenters. The summed E-state index contributed by atoms with van der Waals surface area (Å²) >= 11 is 1.61. The molecule has 0 N–H and O–H groups in total. The third kappa shape index (κ3) is 4.76. The minimum Gasteiger partial charge on any atom is -0.496 e. The van der Waals surface area contributed by atoms with E-state index in [0.717, 1.165) is 51.2 Å². The largest absolute Gasteiger partial charge is 0.496 e. The lowest BCUT2D eigenvalue weighted by Crippen LogP contribution is -2.30. The quantitative estimate of drug-likeness (QED) is 0.365. The minimum absolute atomic E-state index is 0.330. The van der Waals surface area contributed by atoms with Crippen LogP contribution < -0.4 is 14.4 Å². The highest BCUT2D eigenvalue weighted by Crippen LogP contribution is 2.43. The predicted octanol–water partition coefficient (Wildman–Crippen LogP) is 5.87. The number of hydrogen-bond donors (Lipinski definition) is 0. The Bertz CT molecular complexity index is 1010. The molecule has 0 amide bonds. The normalized spacial score (nSPS) is 11.4. The molecule has 31 heavy (non-hydrogen) atoms. The SMILES string of the molecule is COc1cc(C)cc(OC)c1-c1cccn2c(N(CCCF)CC(C)C)c(SC)nc12. The topological polar surface area (TPSA) is 39.0 Å². The summed E-state index contributed by atoms with van der Waals surface area (Å²) in [5, 5.41) is 0.928. The van der Waals surface area contributed by atoms with Crippen molar-refractivity contribution in [1.82, 2.24) is 9.38 Å². The van der Waals surface area contributed by atoms with E-state index in [4.69, 9.17) is 14.5 Å². The van der Waals surface area contributed by atoms with Gasteiger partial charge in [0.15, 0.2) is 0 Å². The zero-order valence-corrected chi connectivity index (χ0v) is 20.1. The molecule has 2 heterocycles. The first-order valence-electron chi connectivity index (χ1n) is 10.5. The molecule has 0 bridgehead atoms. The van der Waals surface area contributed by atoms with Gasteiger partial charge in [-0.3, -0.25) is 8.79 Å². The van der Waals surface area contributed by atoms with Crippen LogP contribution in [0.4, 0.5) is 10.2 Å². The number of ether oxygens (including phenoxy) is 2. The summed E-state index contributed by atoms with van der Waals surface area (Å²) in [5.74, 6) is 2.95. The lowest BCUT2D eigenvalue weighted by atomic mass is 10.0. The number of imidazole rings is 1. The Kier molecular flexibility index (Phi) is 7.70. The van der Waals surface area contributed by atoms with Gasteiger partial charge in [-0.15, -0.1) is 11.8 Å². The lowest BCUT2D eigenvalue weighted by Gasteiger charge is -2.26. The predicted molar refractivity (Wildman–Crippen MR) is 128 cm³/mol. The number of pyridine rings is 1. The fourth-order valence-electron chi connectivity index (χ4n) is 3.94. The van der Waals surface area contributed by atoms with Crippen molar-refractivity contribution in [3.05, 3.63) is 36.0 Å². The third-order valence-electron chi connectivity index (χ3n) is 5.15. The lowest BCUT2D eigenvalue weighted by molar-refractivity contribution is 0.397. The second-order valence-corrected chi connectivity index (χ2v) is 8.78. The highest BCUT2D eigenvalue weighted by atomic mass is 32.2. The van der Waals surface area contributed by atoms with Crippen molar-refractivity contribution in [3.8, 4) is 22.6 Å². The molecule has 2 aromatic heterocycles. The van der Waals surface area contributed by atoms with Crippen molar-refractivity contribution in [2.24, 2.45) is 5.92 Å². The fraction of sp³-hybridized carbons (Fsp3) is 0.458. The van der Waals surface area contributed by atoms with Crippen molar-refractivity contribution in [1.29, 1.82) is 0 Å². The van der Waals surface area contributed by atoms with Crippen molar-refractivity contribution in [2.45, 2.75) is 32.2 Å². The van der Waals surface area contributed by atoms with Gasteiger partial charge in [-0.05, 0) is 55.3 Å². The van der Waals surface area contributed by atoms with Crippen LogP contribution in [-0.4, -0.2) is 49.6 Å². The Morgan fingerprint density at radius 2 is 1.87 bits per heavy atom. The molecule has 0 aliphatic heterocycles. The number of halogens is 1. The molecule has 0 saturated heterocycles. The maximum Gasteiger partial charge on any atom is 0.147 e. The standard InChI is InChI=1S/C24H32FN3O2S/c1-16(2)15-27(11-8-10-25)24-23(31-6)26-22-18(9-7-12-28(22)24)21-19(29-4)13-17(3)14-20(21)30-5/h7,9,12-14,16H,8,10-11,15H2,1-6H3. The Hall–Kier alpha value is -2.41. The highest BCUT2D eigenvalue weighted by Gasteiger charge is 2.23. The smallest absolute Gasteiger partial charge is 0.147 e. The number of aryl methyl sites for hydroxylation is 1. The van der Waals surface area contributed by atoms with Crippen LogP contribution in [0.2, 0.25) is 0 Å². The molecule has 0 saturated carbocycles. The monoisotopic (exact) mass is 445 g/mol.